The van der Waals surface area contributed by atoms with Gasteiger partial charge in [0.15, 0.2) is 8.32 Å². The van der Waals surface area contributed by atoms with Gasteiger partial charge in [0.05, 0.1) is 25.7 Å². The Kier molecular flexibility index (Phi) is 16.3. The fourth-order valence-electron chi connectivity index (χ4n) is 5.96. The van der Waals surface area contributed by atoms with E-state index in [2.05, 4.69) is 44.1 Å². The van der Waals surface area contributed by atoms with Gasteiger partial charge in [-0.15, -0.1) is 0 Å². The maximum atomic E-state index is 13.1. The van der Waals surface area contributed by atoms with Crippen LogP contribution in [0.5, 0.6) is 0 Å². The standard InChI is InChI=1S/C37H71N5O9Si/c1-34(2,3)48-28(43)24-39-15-17-40(25-29(44)49-35(4,5)6)19-21-42(22-20-41(18-16-39)26-30(45)50-36(7,8)9)27-23-38-31(33(46)47)32(27)51-52(13,14)37(10,11)12/h27,31-32,38H,15-26H2,1-14H3,(H,46,47)/t27-,31+,32+/m1/s1. The number of esters is 3. The molecule has 0 aromatic rings. The van der Waals surface area contributed by atoms with E-state index >= 15 is 0 Å². The highest BCUT2D eigenvalue weighted by Gasteiger charge is 2.49. The van der Waals surface area contributed by atoms with Crippen molar-refractivity contribution >= 4 is 32.2 Å². The Morgan fingerprint density at radius 1 is 0.615 bits per heavy atom. The third-order valence-corrected chi connectivity index (χ3v) is 13.9. The van der Waals surface area contributed by atoms with Crippen LogP contribution in [0.4, 0.5) is 0 Å². The SMILES string of the molecule is CC(C)(C)OC(=O)CN1CCN(CC(=O)OC(C)(C)C)CCN([C@@H]2CN[C@H](C(=O)O)[C@H]2O[Si](C)(C)C(C)(C)C)CCN(CC(=O)OC(C)(C)C)CC1. The summed E-state index contributed by atoms with van der Waals surface area (Å²) in [6.07, 6.45) is -0.603. The smallest absolute Gasteiger partial charge is 0.323 e. The van der Waals surface area contributed by atoms with Crippen molar-refractivity contribution < 1.29 is 42.9 Å². The lowest BCUT2D eigenvalue weighted by Crippen LogP contribution is -2.57. The van der Waals surface area contributed by atoms with E-state index in [9.17, 15) is 24.3 Å². The van der Waals surface area contributed by atoms with Gasteiger partial charge in [-0.1, -0.05) is 20.8 Å². The van der Waals surface area contributed by atoms with E-state index in [-0.39, 0.29) is 48.6 Å². The minimum absolute atomic E-state index is 0.0563. The van der Waals surface area contributed by atoms with Gasteiger partial charge in [0.2, 0.25) is 0 Å². The van der Waals surface area contributed by atoms with Gasteiger partial charge in [0.1, 0.15) is 22.8 Å². The molecule has 0 amide bonds. The highest BCUT2D eigenvalue weighted by Crippen LogP contribution is 2.39. The Bertz CT molecular complexity index is 1160. The first kappa shape index (κ1) is 46.0. The van der Waals surface area contributed by atoms with Gasteiger partial charge in [-0.2, -0.15) is 0 Å². The molecule has 2 N–H and O–H groups in total. The lowest BCUT2D eigenvalue weighted by Gasteiger charge is -2.43. The number of carbonyl (C=O) groups excluding carboxylic acids is 3. The van der Waals surface area contributed by atoms with Crippen LogP contribution in [0, 0.1) is 0 Å². The summed E-state index contributed by atoms with van der Waals surface area (Å²) in [4.78, 5) is 60.1. The van der Waals surface area contributed by atoms with E-state index in [4.69, 9.17) is 18.6 Å². The zero-order chi connectivity index (χ0) is 39.9. The molecular weight excluding hydrogens is 687 g/mol. The van der Waals surface area contributed by atoms with E-state index < -0.39 is 43.2 Å². The molecule has 3 atom stereocenters. The molecule has 2 heterocycles. The van der Waals surface area contributed by atoms with E-state index in [1.807, 2.05) is 77.0 Å². The summed E-state index contributed by atoms with van der Waals surface area (Å²) < 4.78 is 23.9. The second-order valence-corrected chi connectivity index (χ2v) is 23.5. The molecule has 0 aromatic carbocycles. The average molecular weight is 758 g/mol. The quantitative estimate of drug-likeness (QED) is 0.191. The molecule has 52 heavy (non-hydrogen) atoms. The third-order valence-electron chi connectivity index (χ3n) is 9.42. The highest BCUT2D eigenvalue weighted by atomic mass is 28.4. The molecular formula is C37H71N5O9Si. The van der Waals surface area contributed by atoms with Crippen molar-refractivity contribution in [2.24, 2.45) is 0 Å². The molecule has 0 aromatic heterocycles. The normalized spacial score (nSPS) is 23.4. The van der Waals surface area contributed by atoms with Crippen LogP contribution in [-0.2, 0) is 37.8 Å². The van der Waals surface area contributed by atoms with Gasteiger partial charge >= 0.3 is 23.9 Å². The molecule has 2 fully saturated rings. The van der Waals surface area contributed by atoms with Crippen LogP contribution in [0.2, 0.25) is 18.1 Å². The molecule has 2 rings (SSSR count). The molecule has 2 aliphatic rings. The van der Waals surface area contributed by atoms with Crippen LogP contribution in [-0.4, -0.2) is 170 Å². The number of aliphatic carboxylic acids is 1. The van der Waals surface area contributed by atoms with Gasteiger partial charge in [-0.25, -0.2) is 0 Å². The first-order valence-electron chi connectivity index (χ1n) is 18.8. The average Bonchev–Trinajstić information content (AvgIpc) is 3.32. The van der Waals surface area contributed by atoms with Crippen molar-refractivity contribution in [3.63, 3.8) is 0 Å². The minimum atomic E-state index is -2.39. The maximum Gasteiger partial charge on any atom is 0.323 e. The summed E-state index contributed by atoms with van der Waals surface area (Å²) >= 11 is 0. The monoisotopic (exact) mass is 758 g/mol. The van der Waals surface area contributed by atoms with Crippen LogP contribution in [0.1, 0.15) is 83.1 Å². The molecule has 302 valence electrons. The number of hydrogen-bond acceptors (Lipinski definition) is 13. The minimum Gasteiger partial charge on any atom is -0.480 e. The van der Waals surface area contributed by atoms with Crippen molar-refractivity contribution in [3.8, 4) is 0 Å². The predicted molar refractivity (Wildman–Crippen MR) is 204 cm³/mol. The van der Waals surface area contributed by atoms with E-state index in [0.29, 0.717) is 58.9 Å². The van der Waals surface area contributed by atoms with Crippen LogP contribution in [0.3, 0.4) is 0 Å². The highest BCUT2D eigenvalue weighted by molar-refractivity contribution is 6.74. The molecule has 0 spiro atoms. The number of nitrogens with zero attached hydrogens (tertiary/aromatic N) is 4. The summed E-state index contributed by atoms with van der Waals surface area (Å²) in [7, 11) is -2.39. The van der Waals surface area contributed by atoms with E-state index in [1.54, 1.807) is 0 Å². The van der Waals surface area contributed by atoms with E-state index in [1.165, 1.54) is 0 Å². The Morgan fingerprint density at radius 2 is 0.942 bits per heavy atom. The summed E-state index contributed by atoms with van der Waals surface area (Å²) in [6, 6.07) is -1.15. The third kappa shape index (κ3) is 16.5. The maximum absolute atomic E-state index is 13.1. The van der Waals surface area contributed by atoms with Crippen molar-refractivity contribution in [3.05, 3.63) is 0 Å². The predicted octanol–water partition coefficient (Wildman–Crippen LogP) is 3.05. The van der Waals surface area contributed by atoms with Crippen LogP contribution < -0.4 is 5.32 Å². The molecule has 0 radical (unpaired) electrons. The summed E-state index contributed by atoms with van der Waals surface area (Å²) in [5.41, 5.74) is -1.93. The molecule has 2 aliphatic heterocycles. The number of nitrogens with one attached hydrogen (secondary N) is 1. The van der Waals surface area contributed by atoms with Gasteiger partial charge in [0, 0.05) is 64.9 Å². The summed E-state index contributed by atoms with van der Waals surface area (Å²) in [6.45, 7) is 31.6. The fourth-order valence-corrected chi connectivity index (χ4v) is 7.29. The molecule has 0 aliphatic carbocycles. The first-order valence-corrected chi connectivity index (χ1v) is 21.7. The lowest BCUT2D eigenvalue weighted by molar-refractivity contribution is -0.158. The number of carboxylic acid groups (broad SMARTS) is 1. The zero-order valence-electron chi connectivity index (χ0n) is 34.7. The molecule has 14 nitrogen and oxygen atoms in total. The van der Waals surface area contributed by atoms with Crippen LogP contribution >= 0.6 is 0 Å². The molecule has 0 saturated carbocycles. The molecule has 0 bridgehead atoms. The molecule has 15 heteroatoms. The Labute approximate surface area is 314 Å². The fraction of sp³-hybridized carbons (Fsp3) is 0.892. The number of ether oxygens (including phenoxy) is 3. The zero-order valence-corrected chi connectivity index (χ0v) is 35.7. The second kappa shape index (κ2) is 18.5. The number of carbonyl (C=O) groups is 4. The van der Waals surface area contributed by atoms with Gasteiger partial charge < -0.3 is 29.1 Å². The van der Waals surface area contributed by atoms with Crippen molar-refractivity contribution in [2.75, 3.05) is 78.5 Å². The Morgan fingerprint density at radius 3 is 1.23 bits per heavy atom. The Hall–Kier alpha value is -2.14. The van der Waals surface area contributed by atoms with Crippen LogP contribution in [0.25, 0.3) is 0 Å². The lowest BCUT2D eigenvalue weighted by atomic mass is 10.1. The summed E-state index contributed by atoms with van der Waals surface area (Å²) in [5.74, 6) is -2.00. The largest absolute Gasteiger partial charge is 0.480 e. The number of hydrogen-bond donors (Lipinski definition) is 2. The molecule has 0 unspecified atom stereocenters. The second-order valence-electron chi connectivity index (χ2n) is 18.8. The number of carboxylic acids is 1. The molecule has 2 saturated heterocycles. The first-order chi connectivity index (χ1) is 23.5. The van der Waals surface area contributed by atoms with E-state index in [0.717, 1.165) is 0 Å². The van der Waals surface area contributed by atoms with Crippen LogP contribution in [0.15, 0.2) is 0 Å². The summed E-state index contributed by atoms with van der Waals surface area (Å²) in [5, 5.41) is 13.4. The van der Waals surface area contributed by atoms with Crippen molar-refractivity contribution in [1.29, 1.82) is 0 Å². The van der Waals surface area contributed by atoms with Gasteiger partial charge in [-0.05, 0) is 80.4 Å². The van der Waals surface area contributed by atoms with Crippen molar-refractivity contribution in [2.45, 2.75) is 136 Å². The van der Waals surface area contributed by atoms with Gasteiger partial charge in [0.25, 0.3) is 0 Å². The Balaban J connectivity index is 2.50. The van der Waals surface area contributed by atoms with Gasteiger partial charge in [-0.3, -0.25) is 38.8 Å². The van der Waals surface area contributed by atoms with Crippen molar-refractivity contribution in [1.82, 2.24) is 24.9 Å². The number of rotatable bonds is 10. The topological polar surface area (TPSA) is 150 Å².